The first-order valence-corrected chi connectivity index (χ1v) is 10.4. The maximum Gasteiger partial charge on any atom is 0.340 e. The molecule has 162 valence electrons. The number of nitrogens with one attached hydrogen (secondary N) is 1. The Hall–Kier alpha value is -3.40. The van der Waals surface area contributed by atoms with Crippen LogP contribution in [-0.2, 0) is 9.53 Å². The van der Waals surface area contributed by atoms with Crippen molar-refractivity contribution in [3.63, 3.8) is 0 Å². The molecule has 1 N–H and O–H groups in total. The van der Waals surface area contributed by atoms with Crippen LogP contribution in [0.2, 0.25) is 0 Å². The first-order valence-electron chi connectivity index (χ1n) is 9.40. The third-order valence-electron chi connectivity index (χ3n) is 3.92. The number of carbonyl (C=O) groups excluding carboxylic acids is 2. The van der Waals surface area contributed by atoms with E-state index in [1.807, 2.05) is 0 Å². The number of ether oxygens (including phenoxy) is 2. The Morgan fingerprint density at radius 1 is 1.16 bits per heavy atom. The van der Waals surface area contributed by atoms with E-state index in [2.05, 4.69) is 15.5 Å². The first-order chi connectivity index (χ1) is 15.0. The van der Waals surface area contributed by atoms with Crippen molar-refractivity contribution in [1.82, 2.24) is 10.2 Å². The molecule has 1 unspecified atom stereocenters. The van der Waals surface area contributed by atoms with E-state index >= 15 is 0 Å². The Morgan fingerprint density at radius 3 is 2.65 bits per heavy atom. The summed E-state index contributed by atoms with van der Waals surface area (Å²) < 4.78 is 29.1. The predicted molar refractivity (Wildman–Crippen MR) is 111 cm³/mol. The van der Waals surface area contributed by atoms with E-state index in [0.717, 1.165) is 11.8 Å². The summed E-state index contributed by atoms with van der Waals surface area (Å²) in [4.78, 5) is 24.3. The van der Waals surface area contributed by atoms with Crippen LogP contribution >= 0.6 is 11.8 Å². The standard InChI is InChI=1S/C21H20FN3O5S/c1-3-28-20(27)16-6-4-5-7-17(16)23-18(26)12-31-21-25-24-19(30-21)13(2)29-15-10-8-14(22)9-11-15/h4-11,13H,3,12H2,1-2H3,(H,23,26). The summed E-state index contributed by atoms with van der Waals surface area (Å²) in [5.41, 5.74) is 0.633. The minimum Gasteiger partial charge on any atom is -0.481 e. The van der Waals surface area contributed by atoms with Crippen LogP contribution in [0.5, 0.6) is 5.75 Å². The van der Waals surface area contributed by atoms with Gasteiger partial charge < -0.3 is 19.2 Å². The highest BCUT2D eigenvalue weighted by molar-refractivity contribution is 7.99. The maximum atomic E-state index is 13.0. The number of esters is 1. The zero-order valence-corrected chi connectivity index (χ0v) is 17.6. The fourth-order valence-electron chi connectivity index (χ4n) is 2.50. The van der Waals surface area contributed by atoms with Crippen LogP contribution in [0.25, 0.3) is 0 Å². The Kier molecular flexibility index (Phi) is 7.60. The fourth-order valence-corrected chi connectivity index (χ4v) is 3.07. The van der Waals surface area contributed by atoms with Crippen LogP contribution in [0.15, 0.2) is 58.2 Å². The van der Waals surface area contributed by atoms with Crippen molar-refractivity contribution >= 4 is 29.3 Å². The molecule has 0 saturated heterocycles. The molecule has 0 aliphatic carbocycles. The fraction of sp³-hybridized carbons (Fsp3) is 0.238. The number of para-hydroxylation sites is 1. The Bertz CT molecular complexity index is 1040. The lowest BCUT2D eigenvalue weighted by molar-refractivity contribution is -0.113. The topological polar surface area (TPSA) is 104 Å². The van der Waals surface area contributed by atoms with Crippen LogP contribution in [0.3, 0.4) is 0 Å². The number of thioether (sulfide) groups is 1. The lowest BCUT2D eigenvalue weighted by atomic mass is 10.2. The molecule has 1 atom stereocenters. The van der Waals surface area contributed by atoms with Gasteiger partial charge in [-0.2, -0.15) is 0 Å². The summed E-state index contributed by atoms with van der Waals surface area (Å²) in [6.45, 7) is 3.66. The van der Waals surface area contributed by atoms with E-state index in [9.17, 15) is 14.0 Å². The number of halogens is 1. The minimum absolute atomic E-state index is 0.00794. The first kappa shape index (κ1) is 22.3. The lowest BCUT2D eigenvalue weighted by Crippen LogP contribution is -2.17. The number of anilines is 1. The highest BCUT2D eigenvalue weighted by Gasteiger charge is 2.18. The molecule has 3 aromatic rings. The Morgan fingerprint density at radius 2 is 1.90 bits per heavy atom. The molecule has 0 aliphatic heterocycles. The number of benzene rings is 2. The number of rotatable bonds is 9. The van der Waals surface area contributed by atoms with Gasteiger partial charge in [0.15, 0.2) is 6.10 Å². The van der Waals surface area contributed by atoms with E-state index in [4.69, 9.17) is 13.9 Å². The molecule has 31 heavy (non-hydrogen) atoms. The average Bonchev–Trinajstić information content (AvgIpc) is 3.24. The molecule has 0 bridgehead atoms. The second-order valence-corrected chi connectivity index (χ2v) is 7.15. The van der Waals surface area contributed by atoms with E-state index in [-0.39, 0.29) is 40.8 Å². The summed E-state index contributed by atoms with van der Waals surface area (Å²) >= 11 is 1.05. The van der Waals surface area contributed by atoms with E-state index in [0.29, 0.717) is 11.4 Å². The van der Waals surface area contributed by atoms with Gasteiger partial charge in [0, 0.05) is 0 Å². The van der Waals surface area contributed by atoms with Crippen LogP contribution in [0.1, 0.15) is 36.2 Å². The molecule has 0 saturated carbocycles. The van der Waals surface area contributed by atoms with Gasteiger partial charge in [0.05, 0.1) is 23.6 Å². The Labute approximate surface area is 182 Å². The molecule has 10 heteroatoms. The monoisotopic (exact) mass is 445 g/mol. The van der Waals surface area contributed by atoms with Crippen molar-refractivity contribution in [2.45, 2.75) is 25.2 Å². The third kappa shape index (κ3) is 6.29. The van der Waals surface area contributed by atoms with Gasteiger partial charge in [0.25, 0.3) is 11.1 Å². The molecule has 2 aromatic carbocycles. The molecule has 1 heterocycles. The minimum atomic E-state index is -0.558. The van der Waals surface area contributed by atoms with E-state index in [1.54, 1.807) is 38.1 Å². The Balaban J connectivity index is 1.54. The van der Waals surface area contributed by atoms with E-state index in [1.165, 1.54) is 24.3 Å². The second-order valence-electron chi connectivity index (χ2n) is 6.22. The highest BCUT2D eigenvalue weighted by atomic mass is 32.2. The zero-order valence-electron chi connectivity index (χ0n) is 16.8. The van der Waals surface area contributed by atoms with Crippen molar-refractivity contribution in [3.05, 3.63) is 65.8 Å². The number of hydrogen-bond donors (Lipinski definition) is 1. The molecule has 0 spiro atoms. The number of hydrogen-bond acceptors (Lipinski definition) is 8. The van der Waals surface area contributed by atoms with Crippen LogP contribution in [0.4, 0.5) is 10.1 Å². The summed E-state index contributed by atoms with van der Waals surface area (Å²) in [5, 5.41) is 10.7. The van der Waals surface area contributed by atoms with Crippen LogP contribution in [0, 0.1) is 5.82 Å². The summed E-state index contributed by atoms with van der Waals surface area (Å²) in [6, 6.07) is 12.2. The normalized spacial score (nSPS) is 11.6. The van der Waals surface area contributed by atoms with Gasteiger partial charge in [-0.3, -0.25) is 4.79 Å². The van der Waals surface area contributed by atoms with Crippen LogP contribution in [-0.4, -0.2) is 34.4 Å². The van der Waals surface area contributed by atoms with Gasteiger partial charge in [-0.15, -0.1) is 10.2 Å². The largest absolute Gasteiger partial charge is 0.481 e. The number of amides is 1. The van der Waals surface area contributed by atoms with Crippen molar-refractivity contribution in [2.24, 2.45) is 0 Å². The molecule has 3 rings (SSSR count). The predicted octanol–water partition coefficient (Wildman–Crippen LogP) is 4.26. The summed E-state index contributed by atoms with van der Waals surface area (Å²) in [5.74, 6) is -0.549. The van der Waals surface area contributed by atoms with Gasteiger partial charge in [-0.05, 0) is 50.2 Å². The van der Waals surface area contributed by atoms with Crippen molar-refractivity contribution in [2.75, 3.05) is 17.7 Å². The van der Waals surface area contributed by atoms with E-state index < -0.39 is 12.1 Å². The number of nitrogens with zero attached hydrogens (tertiary/aromatic N) is 2. The highest BCUT2D eigenvalue weighted by Crippen LogP contribution is 2.24. The average molecular weight is 445 g/mol. The molecule has 0 aliphatic rings. The van der Waals surface area contributed by atoms with Gasteiger partial charge >= 0.3 is 5.97 Å². The molecule has 0 radical (unpaired) electrons. The van der Waals surface area contributed by atoms with Crippen molar-refractivity contribution < 1.29 is 27.9 Å². The summed E-state index contributed by atoms with van der Waals surface area (Å²) in [6.07, 6.45) is -0.558. The van der Waals surface area contributed by atoms with Crippen LogP contribution < -0.4 is 10.1 Å². The molecule has 1 amide bonds. The SMILES string of the molecule is CCOC(=O)c1ccccc1NC(=O)CSc1nnc(C(C)Oc2ccc(F)cc2)o1. The van der Waals surface area contributed by atoms with Gasteiger partial charge in [0.1, 0.15) is 11.6 Å². The maximum absolute atomic E-state index is 13.0. The molecular formula is C21H20FN3O5S. The third-order valence-corrected chi connectivity index (χ3v) is 4.74. The van der Waals surface area contributed by atoms with Crippen molar-refractivity contribution in [3.8, 4) is 5.75 Å². The quantitative estimate of drug-likeness (QED) is 0.385. The van der Waals surface area contributed by atoms with Crippen molar-refractivity contribution in [1.29, 1.82) is 0 Å². The second kappa shape index (κ2) is 10.6. The molecule has 1 aromatic heterocycles. The van der Waals surface area contributed by atoms with Gasteiger partial charge in [0.2, 0.25) is 5.91 Å². The smallest absolute Gasteiger partial charge is 0.340 e. The number of aromatic nitrogens is 2. The summed E-state index contributed by atoms with van der Waals surface area (Å²) in [7, 11) is 0. The molecular weight excluding hydrogens is 425 g/mol. The van der Waals surface area contributed by atoms with Gasteiger partial charge in [-0.25, -0.2) is 9.18 Å². The number of carbonyl (C=O) groups is 2. The molecule has 8 nitrogen and oxygen atoms in total. The molecule has 0 fully saturated rings. The lowest BCUT2D eigenvalue weighted by Gasteiger charge is -2.10. The van der Waals surface area contributed by atoms with Gasteiger partial charge in [-0.1, -0.05) is 23.9 Å². The zero-order chi connectivity index (χ0) is 22.2.